The minimum atomic E-state index is -0.448. The van der Waals surface area contributed by atoms with Crippen LogP contribution in [0, 0.1) is 12.8 Å². The molecule has 1 fully saturated rings. The molecule has 2 rings (SSSR count). The number of hydrogen-bond donors (Lipinski definition) is 1. The van der Waals surface area contributed by atoms with Gasteiger partial charge in [-0.05, 0) is 64.4 Å². The smallest absolute Gasteiger partial charge is 0.338 e. The number of halogens is 1. The molecule has 0 atom stereocenters. The van der Waals surface area contributed by atoms with Crippen molar-refractivity contribution >= 4 is 17.6 Å². The van der Waals surface area contributed by atoms with E-state index in [9.17, 15) is 4.79 Å². The zero-order valence-electron chi connectivity index (χ0n) is 12.3. The van der Waals surface area contributed by atoms with E-state index in [1.165, 1.54) is 0 Å². The fraction of sp³-hybridized carbons (Fsp3) is 0.562. The number of ether oxygens (including phenoxy) is 1. The lowest BCUT2D eigenvalue weighted by molar-refractivity contribution is -0.0368. The summed E-state index contributed by atoms with van der Waals surface area (Å²) in [5, 5.41) is 3.92. The van der Waals surface area contributed by atoms with E-state index in [2.05, 4.69) is 5.32 Å². The molecular weight excluding hydrogens is 274 g/mol. The lowest BCUT2D eigenvalue weighted by Crippen LogP contribution is -2.42. The second kappa shape index (κ2) is 6.15. The second-order valence-corrected chi connectivity index (χ2v) is 6.39. The van der Waals surface area contributed by atoms with Crippen LogP contribution in [0.4, 0.5) is 0 Å². The van der Waals surface area contributed by atoms with E-state index in [0.29, 0.717) is 16.5 Å². The van der Waals surface area contributed by atoms with Gasteiger partial charge in [0.05, 0.1) is 5.56 Å². The van der Waals surface area contributed by atoms with Crippen LogP contribution in [0.2, 0.25) is 5.02 Å². The van der Waals surface area contributed by atoms with Crippen molar-refractivity contribution in [1.82, 2.24) is 5.32 Å². The third kappa shape index (κ3) is 3.53. The van der Waals surface area contributed by atoms with Gasteiger partial charge in [-0.1, -0.05) is 17.7 Å². The Kier molecular flexibility index (Phi) is 4.71. The summed E-state index contributed by atoms with van der Waals surface area (Å²) in [4.78, 5) is 12.3. The Hall–Kier alpha value is -1.06. The first kappa shape index (κ1) is 15.3. The van der Waals surface area contributed by atoms with E-state index < -0.39 is 5.60 Å². The highest BCUT2D eigenvalue weighted by molar-refractivity contribution is 6.31. The Morgan fingerprint density at radius 1 is 1.35 bits per heavy atom. The molecule has 0 aromatic heterocycles. The van der Waals surface area contributed by atoms with Gasteiger partial charge in [0.15, 0.2) is 0 Å². The normalized spacial score (nSPS) is 17.0. The van der Waals surface area contributed by atoms with E-state index >= 15 is 0 Å². The fourth-order valence-corrected chi connectivity index (χ4v) is 2.80. The molecule has 0 spiro atoms. The van der Waals surface area contributed by atoms with Crippen molar-refractivity contribution in [2.24, 2.45) is 5.92 Å². The predicted molar refractivity (Wildman–Crippen MR) is 81.3 cm³/mol. The summed E-state index contributed by atoms with van der Waals surface area (Å²) in [6.07, 6.45) is 2.07. The lowest BCUT2D eigenvalue weighted by Gasteiger charge is -2.36. The van der Waals surface area contributed by atoms with Crippen LogP contribution in [0.5, 0.6) is 0 Å². The highest BCUT2D eigenvalue weighted by Crippen LogP contribution is 2.30. The van der Waals surface area contributed by atoms with Gasteiger partial charge in [-0.25, -0.2) is 4.79 Å². The van der Waals surface area contributed by atoms with Crippen molar-refractivity contribution in [2.75, 3.05) is 13.1 Å². The summed E-state index contributed by atoms with van der Waals surface area (Å²) in [6.45, 7) is 7.88. The molecule has 20 heavy (non-hydrogen) atoms. The Morgan fingerprint density at radius 3 is 2.60 bits per heavy atom. The molecule has 1 aliphatic rings. The van der Waals surface area contributed by atoms with E-state index in [4.69, 9.17) is 16.3 Å². The van der Waals surface area contributed by atoms with Gasteiger partial charge in [0.2, 0.25) is 0 Å². The molecule has 1 aliphatic heterocycles. The SMILES string of the molecule is Cc1ccc(C(=O)OC(C)(C)C2CCNCC2)cc1Cl. The van der Waals surface area contributed by atoms with Gasteiger partial charge in [-0.3, -0.25) is 0 Å². The van der Waals surface area contributed by atoms with E-state index in [-0.39, 0.29) is 5.97 Å². The molecule has 1 N–H and O–H groups in total. The first-order valence-electron chi connectivity index (χ1n) is 7.10. The maximum absolute atomic E-state index is 12.3. The van der Waals surface area contributed by atoms with Crippen LogP contribution in [-0.2, 0) is 4.74 Å². The summed E-state index contributed by atoms with van der Waals surface area (Å²) < 4.78 is 5.73. The minimum absolute atomic E-state index is 0.296. The zero-order chi connectivity index (χ0) is 14.8. The largest absolute Gasteiger partial charge is 0.456 e. The molecule has 0 saturated carbocycles. The Morgan fingerprint density at radius 2 is 2.00 bits per heavy atom. The molecule has 0 amide bonds. The van der Waals surface area contributed by atoms with Gasteiger partial charge in [0, 0.05) is 10.9 Å². The number of carbonyl (C=O) groups is 1. The first-order valence-corrected chi connectivity index (χ1v) is 7.48. The van der Waals surface area contributed by atoms with Gasteiger partial charge < -0.3 is 10.1 Å². The fourth-order valence-electron chi connectivity index (χ4n) is 2.62. The number of nitrogens with one attached hydrogen (secondary N) is 1. The van der Waals surface area contributed by atoms with Gasteiger partial charge in [0.25, 0.3) is 0 Å². The second-order valence-electron chi connectivity index (χ2n) is 5.98. The van der Waals surface area contributed by atoms with Crippen molar-refractivity contribution in [3.63, 3.8) is 0 Å². The summed E-state index contributed by atoms with van der Waals surface area (Å²) in [5.41, 5.74) is 1.03. The van der Waals surface area contributed by atoms with Crippen LogP contribution in [0.15, 0.2) is 18.2 Å². The van der Waals surface area contributed by atoms with Crippen molar-refractivity contribution in [1.29, 1.82) is 0 Å². The zero-order valence-corrected chi connectivity index (χ0v) is 13.1. The number of esters is 1. The highest BCUT2D eigenvalue weighted by Gasteiger charge is 2.34. The average Bonchev–Trinajstić information content (AvgIpc) is 2.42. The number of hydrogen-bond acceptors (Lipinski definition) is 3. The molecular formula is C16H22ClNO2. The molecule has 1 saturated heterocycles. The van der Waals surface area contributed by atoms with Gasteiger partial charge in [-0.15, -0.1) is 0 Å². The number of benzene rings is 1. The van der Waals surface area contributed by atoms with Crippen LogP contribution < -0.4 is 5.32 Å². The van der Waals surface area contributed by atoms with Crippen molar-refractivity contribution in [3.05, 3.63) is 34.3 Å². The third-order valence-electron chi connectivity index (χ3n) is 4.09. The highest BCUT2D eigenvalue weighted by atomic mass is 35.5. The van der Waals surface area contributed by atoms with Gasteiger partial charge in [0.1, 0.15) is 5.60 Å². The van der Waals surface area contributed by atoms with Gasteiger partial charge in [-0.2, -0.15) is 0 Å². The molecule has 0 aliphatic carbocycles. The van der Waals surface area contributed by atoms with Crippen molar-refractivity contribution in [2.45, 2.75) is 39.2 Å². The van der Waals surface area contributed by atoms with Crippen molar-refractivity contribution in [3.8, 4) is 0 Å². The summed E-state index contributed by atoms with van der Waals surface area (Å²) in [6, 6.07) is 5.29. The predicted octanol–water partition coefficient (Wildman–Crippen LogP) is 3.58. The van der Waals surface area contributed by atoms with Crippen molar-refractivity contribution < 1.29 is 9.53 Å². The average molecular weight is 296 g/mol. The first-order chi connectivity index (χ1) is 9.40. The Balaban J connectivity index is 2.07. The molecule has 0 unspecified atom stereocenters. The van der Waals surface area contributed by atoms with E-state index in [1.807, 2.05) is 26.8 Å². The number of aryl methyl sites for hydroxylation is 1. The van der Waals surface area contributed by atoms with E-state index in [0.717, 1.165) is 31.5 Å². The van der Waals surface area contributed by atoms with Crippen LogP contribution in [0.25, 0.3) is 0 Å². The molecule has 1 aromatic rings. The molecule has 1 heterocycles. The molecule has 4 heteroatoms. The molecule has 1 aromatic carbocycles. The van der Waals surface area contributed by atoms with Crippen LogP contribution in [0.1, 0.15) is 42.6 Å². The topological polar surface area (TPSA) is 38.3 Å². The molecule has 110 valence electrons. The summed E-state index contributed by atoms with van der Waals surface area (Å²) >= 11 is 6.06. The van der Waals surface area contributed by atoms with Gasteiger partial charge >= 0.3 is 5.97 Å². The molecule has 3 nitrogen and oxygen atoms in total. The maximum Gasteiger partial charge on any atom is 0.338 e. The standard InChI is InChI=1S/C16H22ClNO2/c1-11-4-5-12(10-14(11)17)15(19)20-16(2,3)13-6-8-18-9-7-13/h4-5,10,13,18H,6-9H2,1-3H3. The number of carbonyl (C=O) groups excluding carboxylic acids is 1. The summed E-state index contributed by atoms with van der Waals surface area (Å²) in [7, 11) is 0. The van der Waals surface area contributed by atoms with Crippen LogP contribution in [-0.4, -0.2) is 24.7 Å². The van der Waals surface area contributed by atoms with Crippen LogP contribution >= 0.6 is 11.6 Å². The summed E-state index contributed by atoms with van der Waals surface area (Å²) in [5.74, 6) is 0.101. The monoisotopic (exact) mass is 295 g/mol. The van der Waals surface area contributed by atoms with Crippen LogP contribution in [0.3, 0.4) is 0 Å². The minimum Gasteiger partial charge on any atom is -0.456 e. The number of piperidine rings is 1. The third-order valence-corrected chi connectivity index (χ3v) is 4.49. The Labute approximate surface area is 125 Å². The Bertz CT molecular complexity index is 493. The molecule has 0 bridgehead atoms. The quantitative estimate of drug-likeness (QED) is 0.866. The maximum atomic E-state index is 12.3. The number of rotatable bonds is 3. The van der Waals surface area contributed by atoms with E-state index in [1.54, 1.807) is 12.1 Å². The molecule has 0 radical (unpaired) electrons. The lowest BCUT2D eigenvalue weighted by atomic mass is 9.83.